The molecule has 3 aromatic rings. The third kappa shape index (κ3) is 3.20. The molecule has 22 heavy (non-hydrogen) atoms. The summed E-state index contributed by atoms with van der Waals surface area (Å²) in [5.41, 5.74) is 0.990. The SMILES string of the molecule is O=C(COc1ccc2ncccc2c1)Nc1ccccc1F. The Morgan fingerprint density at radius 3 is 2.86 bits per heavy atom. The molecule has 0 bridgehead atoms. The summed E-state index contributed by atoms with van der Waals surface area (Å²) < 4.78 is 18.9. The van der Waals surface area contributed by atoms with E-state index in [1.54, 1.807) is 30.5 Å². The molecule has 1 N–H and O–H groups in total. The largest absolute Gasteiger partial charge is 0.484 e. The number of benzene rings is 2. The third-order valence-electron chi connectivity index (χ3n) is 3.09. The fourth-order valence-electron chi connectivity index (χ4n) is 2.04. The lowest BCUT2D eigenvalue weighted by atomic mass is 10.2. The van der Waals surface area contributed by atoms with E-state index < -0.39 is 11.7 Å². The van der Waals surface area contributed by atoms with Gasteiger partial charge < -0.3 is 10.1 Å². The van der Waals surface area contributed by atoms with Crippen molar-refractivity contribution in [1.29, 1.82) is 0 Å². The topological polar surface area (TPSA) is 51.2 Å². The van der Waals surface area contributed by atoms with E-state index in [-0.39, 0.29) is 12.3 Å². The number of ether oxygens (including phenoxy) is 1. The van der Waals surface area contributed by atoms with Gasteiger partial charge in [-0.1, -0.05) is 18.2 Å². The number of rotatable bonds is 4. The number of pyridine rings is 1. The van der Waals surface area contributed by atoms with E-state index in [0.717, 1.165) is 10.9 Å². The molecular weight excluding hydrogens is 283 g/mol. The zero-order valence-corrected chi connectivity index (χ0v) is 11.6. The maximum absolute atomic E-state index is 13.4. The Labute approximate surface area is 126 Å². The lowest BCUT2D eigenvalue weighted by molar-refractivity contribution is -0.118. The second kappa shape index (κ2) is 6.22. The number of hydrogen-bond acceptors (Lipinski definition) is 3. The average Bonchev–Trinajstić information content (AvgIpc) is 2.55. The van der Waals surface area contributed by atoms with Gasteiger partial charge in [-0.05, 0) is 36.4 Å². The molecule has 110 valence electrons. The van der Waals surface area contributed by atoms with Crippen LogP contribution in [0.1, 0.15) is 0 Å². The van der Waals surface area contributed by atoms with E-state index in [9.17, 15) is 9.18 Å². The van der Waals surface area contributed by atoms with Gasteiger partial charge in [0.1, 0.15) is 11.6 Å². The molecule has 1 heterocycles. The van der Waals surface area contributed by atoms with Gasteiger partial charge in [0, 0.05) is 11.6 Å². The van der Waals surface area contributed by atoms with Crippen molar-refractivity contribution in [3.63, 3.8) is 0 Å². The van der Waals surface area contributed by atoms with Gasteiger partial charge in [0.25, 0.3) is 5.91 Å². The standard InChI is InChI=1S/C17H13FN2O2/c18-14-5-1-2-6-16(14)20-17(21)11-22-13-7-8-15-12(10-13)4-3-9-19-15/h1-10H,11H2,(H,20,21). The number of para-hydroxylation sites is 1. The molecule has 5 heteroatoms. The number of hydrogen-bond donors (Lipinski definition) is 1. The highest BCUT2D eigenvalue weighted by atomic mass is 19.1. The molecular formula is C17H13FN2O2. The monoisotopic (exact) mass is 296 g/mol. The van der Waals surface area contributed by atoms with Crippen molar-refractivity contribution in [3.8, 4) is 5.75 Å². The molecule has 4 nitrogen and oxygen atoms in total. The summed E-state index contributed by atoms with van der Waals surface area (Å²) in [6, 6.07) is 15.1. The van der Waals surface area contributed by atoms with Crippen LogP contribution in [0.25, 0.3) is 10.9 Å². The highest BCUT2D eigenvalue weighted by Crippen LogP contribution is 2.19. The van der Waals surface area contributed by atoms with Gasteiger partial charge in [-0.25, -0.2) is 4.39 Å². The second-order valence-electron chi connectivity index (χ2n) is 4.67. The molecule has 3 rings (SSSR count). The van der Waals surface area contributed by atoms with E-state index >= 15 is 0 Å². The average molecular weight is 296 g/mol. The molecule has 1 aromatic heterocycles. The highest BCUT2D eigenvalue weighted by molar-refractivity contribution is 5.92. The van der Waals surface area contributed by atoms with E-state index in [4.69, 9.17) is 4.74 Å². The lowest BCUT2D eigenvalue weighted by Gasteiger charge is -2.08. The molecule has 1 amide bonds. The van der Waals surface area contributed by atoms with Crippen LogP contribution in [0, 0.1) is 5.82 Å². The molecule has 0 fully saturated rings. The summed E-state index contributed by atoms with van der Waals surface area (Å²) in [4.78, 5) is 16.0. The predicted octanol–water partition coefficient (Wildman–Crippen LogP) is 3.39. The Morgan fingerprint density at radius 1 is 1.14 bits per heavy atom. The first-order valence-corrected chi connectivity index (χ1v) is 6.74. The minimum Gasteiger partial charge on any atom is -0.484 e. The fraction of sp³-hybridized carbons (Fsp3) is 0.0588. The summed E-state index contributed by atoms with van der Waals surface area (Å²) in [6.45, 7) is -0.194. The molecule has 0 saturated heterocycles. The van der Waals surface area contributed by atoms with Gasteiger partial charge in [0.2, 0.25) is 0 Å². The number of nitrogens with zero attached hydrogens (tertiary/aromatic N) is 1. The molecule has 0 saturated carbocycles. The van der Waals surface area contributed by atoms with Gasteiger partial charge in [0.05, 0.1) is 11.2 Å². The molecule has 0 spiro atoms. The summed E-state index contributed by atoms with van der Waals surface area (Å²) in [5.74, 6) is -0.340. The van der Waals surface area contributed by atoms with Gasteiger partial charge in [0.15, 0.2) is 6.61 Å². The zero-order chi connectivity index (χ0) is 15.4. The Bertz CT molecular complexity index is 820. The number of fused-ring (bicyclic) bond motifs is 1. The second-order valence-corrected chi connectivity index (χ2v) is 4.67. The zero-order valence-electron chi connectivity index (χ0n) is 11.6. The predicted molar refractivity (Wildman–Crippen MR) is 82.3 cm³/mol. The van der Waals surface area contributed by atoms with E-state index in [1.807, 2.05) is 18.2 Å². The molecule has 0 radical (unpaired) electrons. The normalized spacial score (nSPS) is 10.4. The van der Waals surface area contributed by atoms with Crippen molar-refractivity contribution in [3.05, 3.63) is 66.6 Å². The minimum atomic E-state index is -0.479. The maximum atomic E-state index is 13.4. The van der Waals surface area contributed by atoms with Gasteiger partial charge >= 0.3 is 0 Å². The van der Waals surface area contributed by atoms with Crippen LogP contribution in [0.4, 0.5) is 10.1 Å². The maximum Gasteiger partial charge on any atom is 0.262 e. The van der Waals surface area contributed by atoms with Crippen molar-refractivity contribution in [1.82, 2.24) is 4.98 Å². The van der Waals surface area contributed by atoms with Crippen LogP contribution in [0.3, 0.4) is 0 Å². The van der Waals surface area contributed by atoms with Crippen LogP contribution in [0.15, 0.2) is 60.8 Å². The summed E-state index contributed by atoms with van der Waals surface area (Å²) in [7, 11) is 0. The Hall–Kier alpha value is -2.95. The summed E-state index contributed by atoms with van der Waals surface area (Å²) >= 11 is 0. The first-order valence-electron chi connectivity index (χ1n) is 6.74. The first kappa shape index (κ1) is 14.0. The number of carbonyl (C=O) groups is 1. The van der Waals surface area contributed by atoms with Crippen LogP contribution in [-0.4, -0.2) is 17.5 Å². The van der Waals surface area contributed by atoms with Gasteiger partial charge in [-0.3, -0.25) is 9.78 Å². The van der Waals surface area contributed by atoms with Crippen molar-refractivity contribution < 1.29 is 13.9 Å². The number of anilines is 1. The van der Waals surface area contributed by atoms with Crippen molar-refractivity contribution >= 4 is 22.5 Å². The van der Waals surface area contributed by atoms with E-state index in [0.29, 0.717) is 5.75 Å². The lowest BCUT2D eigenvalue weighted by Crippen LogP contribution is -2.20. The molecule has 0 atom stereocenters. The minimum absolute atomic E-state index is 0.138. The molecule has 0 aliphatic carbocycles. The quantitative estimate of drug-likeness (QED) is 0.803. The van der Waals surface area contributed by atoms with Gasteiger partial charge in [-0.2, -0.15) is 0 Å². The fourth-order valence-corrected chi connectivity index (χ4v) is 2.04. The highest BCUT2D eigenvalue weighted by Gasteiger charge is 2.07. The van der Waals surface area contributed by atoms with Crippen molar-refractivity contribution in [2.75, 3.05) is 11.9 Å². The number of amides is 1. The molecule has 0 aliphatic heterocycles. The van der Waals surface area contributed by atoms with Crippen LogP contribution < -0.4 is 10.1 Å². The number of halogens is 1. The smallest absolute Gasteiger partial charge is 0.262 e. The van der Waals surface area contributed by atoms with Crippen molar-refractivity contribution in [2.24, 2.45) is 0 Å². The van der Waals surface area contributed by atoms with E-state index in [1.165, 1.54) is 12.1 Å². The van der Waals surface area contributed by atoms with E-state index in [2.05, 4.69) is 10.3 Å². The Balaban J connectivity index is 1.63. The number of carbonyl (C=O) groups excluding carboxylic acids is 1. The molecule has 0 aliphatic rings. The van der Waals surface area contributed by atoms with Crippen LogP contribution >= 0.6 is 0 Å². The Morgan fingerprint density at radius 2 is 2.00 bits per heavy atom. The molecule has 2 aromatic carbocycles. The van der Waals surface area contributed by atoms with Crippen LogP contribution in [0.5, 0.6) is 5.75 Å². The first-order chi connectivity index (χ1) is 10.7. The van der Waals surface area contributed by atoms with Crippen molar-refractivity contribution in [2.45, 2.75) is 0 Å². The van der Waals surface area contributed by atoms with Crippen LogP contribution in [-0.2, 0) is 4.79 Å². The van der Waals surface area contributed by atoms with Crippen LogP contribution in [0.2, 0.25) is 0 Å². The summed E-state index contributed by atoms with van der Waals surface area (Å²) in [5, 5.41) is 3.39. The Kier molecular flexibility index (Phi) is 3.96. The van der Waals surface area contributed by atoms with Gasteiger partial charge in [-0.15, -0.1) is 0 Å². The third-order valence-corrected chi connectivity index (χ3v) is 3.09. The number of nitrogens with one attached hydrogen (secondary N) is 1. The number of aromatic nitrogens is 1. The summed E-state index contributed by atoms with van der Waals surface area (Å²) in [6.07, 6.45) is 1.71. The molecule has 0 unspecified atom stereocenters.